The molecule has 6 heteroatoms. The van der Waals surface area contributed by atoms with Crippen LogP contribution < -0.4 is 5.32 Å². The van der Waals surface area contributed by atoms with E-state index in [4.69, 9.17) is 0 Å². The molecular formula is C12H17N3O2S. The molecule has 1 aromatic heterocycles. The van der Waals surface area contributed by atoms with Gasteiger partial charge in [-0.2, -0.15) is 0 Å². The third-order valence-corrected chi connectivity index (χ3v) is 5.10. The highest BCUT2D eigenvalue weighted by Crippen LogP contribution is 2.25. The zero-order valence-corrected chi connectivity index (χ0v) is 11.3. The van der Waals surface area contributed by atoms with Gasteiger partial charge >= 0.3 is 0 Å². The van der Waals surface area contributed by atoms with Crippen LogP contribution >= 0.6 is 0 Å². The molecule has 2 aliphatic rings. The average Bonchev–Trinajstić information content (AvgIpc) is 2.85. The third kappa shape index (κ3) is 2.27. The number of aryl methyl sites for hydroxylation is 1. The van der Waals surface area contributed by atoms with Gasteiger partial charge in [0.2, 0.25) is 0 Å². The zero-order valence-electron chi connectivity index (χ0n) is 10.4. The number of nitrogens with zero attached hydrogens (tertiary/aromatic N) is 2. The standard InChI is InChI=1S/C12H17N3O2S/c1-8-10-6-18(16,17)7-11(10)15-12(14-8)5-9-3-2-4-13-9/h9,13H,2-7H2,1H3. The van der Waals surface area contributed by atoms with E-state index in [9.17, 15) is 8.42 Å². The summed E-state index contributed by atoms with van der Waals surface area (Å²) in [6, 6.07) is 0.445. The molecule has 1 atom stereocenters. The van der Waals surface area contributed by atoms with Crippen molar-refractivity contribution in [2.75, 3.05) is 6.54 Å². The molecule has 0 saturated carbocycles. The van der Waals surface area contributed by atoms with Gasteiger partial charge in [0.15, 0.2) is 9.84 Å². The summed E-state index contributed by atoms with van der Waals surface area (Å²) in [6.45, 7) is 2.94. The molecule has 0 aromatic carbocycles. The van der Waals surface area contributed by atoms with E-state index in [-0.39, 0.29) is 11.5 Å². The van der Waals surface area contributed by atoms with E-state index in [1.165, 1.54) is 6.42 Å². The van der Waals surface area contributed by atoms with Crippen molar-refractivity contribution < 1.29 is 8.42 Å². The largest absolute Gasteiger partial charge is 0.314 e. The van der Waals surface area contributed by atoms with Gasteiger partial charge in [-0.15, -0.1) is 0 Å². The van der Waals surface area contributed by atoms with Gasteiger partial charge in [-0.3, -0.25) is 0 Å². The first-order valence-corrected chi connectivity index (χ1v) is 8.15. The second-order valence-corrected chi connectivity index (χ2v) is 7.24. The minimum Gasteiger partial charge on any atom is -0.314 e. The van der Waals surface area contributed by atoms with Crippen molar-refractivity contribution in [3.8, 4) is 0 Å². The van der Waals surface area contributed by atoms with Crippen LogP contribution in [0, 0.1) is 6.92 Å². The number of rotatable bonds is 2. The summed E-state index contributed by atoms with van der Waals surface area (Å²) >= 11 is 0. The van der Waals surface area contributed by atoms with Crippen molar-refractivity contribution in [2.24, 2.45) is 0 Å². The SMILES string of the molecule is Cc1nc(CC2CCCN2)nc2c1CS(=O)(=O)C2. The lowest BCUT2D eigenvalue weighted by molar-refractivity contribution is 0.582. The maximum Gasteiger partial charge on any atom is 0.160 e. The van der Waals surface area contributed by atoms with Crippen molar-refractivity contribution in [3.63, 3.8) is 0 Å². The highest BCUT2D eigenvalue weighted by molar-refractivity contribution is 7.90. The van der Waals surface area contributed by atoms with Crippen LogP contribution in [0.4, 0.5) is 0 Å². The molecule has 1 N–H and O–H groups in total. The highest BCUT2D eigenvalue weighted by atomic mass is 32.2. The summed E-state index contributed by atoms with van der Waals surface area (Å²) in [4.78, 5) is 8.90. The van der Waals surface area contributed by atoms with E-state index >= 15 is 0 Å². The third-order valence-electron chi connectivity index (χ3n) is 3.66. The molecule has 1 fully saturated rings. The van der Waals surface area contributed by atoms with Gasteiger partial charge in [-0.1, -0.05) is 0 Å². The molecule has 1 aromatic rings. The summed E-state index contributed by atoms with van der Waals surface area (Å²) < 4.78 is 23.2. The average molecular weight is 267 g/mol. The van der Waals surface area contributed by atoms with Crippen molar-refractivity contribution in [1.29, 1.82) is 0 Å². The smallest absolute Gasteiger partial charge is 0.160 e. The van der Waals surface area contributed by atoms with E-state index in [1.807, 2.05) is 6.92 Å². The molecule has 0 aliphatic carbocycles. The summed E-state index contributed by atoms with van der Waals surface area (Å²) in [5.41, 5.74) is 2.36. The Labute approximate surface area is 107 Å². The number of hydrogen-bond donors (Lipinski definition) is 1. The molecule has 0 spiro atoms. The van der Waals surface area contributed by atoms with E-state index < -0.39 is 9.84 Å². The molecule has 2 aliphatic heterocycles. The fraction of sp³-hybridized carbons (Fsp3) is 0.667. The van der Waals surface area contributed by atoms with Crippen LogP contribution in [0.15, 0.2) is 0 Å². The van der Waals surface area contributed by atoms with Gasteiger partial charge in [-0.25, -0.2) is 18.4 Å². The van der Waals surface area contributed by atoms with E-state index in [0.717, 1.165) is 42.2 Å². The monoisotopic (exact) mass is 267 g/mol. The van der Waals surface area contributed by atoms with Gasteiger partial charge in [0.05, 0.1) is 17.2 Å². The molecule has 3 heterocycles. The summed E-state index contributed by atoms with van der Waals surface area (Å²) in [6.07, 6.45) is 3.15. The van der Waals surface area contributed by atoms with Gasteiger partial charge in [0.25, 0.3) is 0 Å². The van der Waals surface area contributed by atoms with Crippen LogP contribution in [-0.2, 0) is 27.8 Å². The van der Waals surface area contributed by atoms with Crippen molar-refractivity contribution in [2.45, 2.75) is 43.7 Å². The van der Waals surface area contributed by atoms with Crippen molar-refractivity contribution in [1.82, 2.24) is 15.3 Å². The quantitative estimate of drug-likeness (QED) is 0.845. The molecule has 0 radical (unpaired) electrons. The lowest BCUT2D eigenvalue weighted by atomic mass is 10.1. The summed E-state index contributed by atoms with van der Waals surface area (Å²) in [5.74, 6) is 0.968. The normalized spacial score (nSPS) is 25.3. The number of aromatic nitrogens is 2. The number of fused-ring (bicyclic) bond motifs is 1. The number of nitrogens with one attached hydrogen (secondary N) is 1. The van der Waals surface area contributed by atoms with Gasteiger partial charge < -0.3 is 5.32 Å². The van der Waals surface area contributed by atoms with E-state index in [0.29, 0.717) is 6.04 Å². The Hall–Kier alpha value is -1.01. The second-order valence-electron chi connectivity index (χ2n) is 5.18. The van der Waals surface area contributed by atoms with Gasteiger partial charge in [0.1, 0.15) is 5.82 Å². The maximum absolute atomic E-state index is 11.6. The maximum atomic E-state index is 11.6. The highest BCUT2D eigenvalue weighted by Gasteiger charge is 2.29. The van der Waals surface area contributed by atoms with E-state index in [2.05, 4.69) is 15.3 Å². The Morgan fingerprint density at radius 3 is 2.89 bits per heavy atom. The lowest BCUT2D eigenvalue weighted by Crippen LogP contribution is -2.25. The minimum atomic E-state index is -2.99. The Bertz CT molecular complexity index is 577. The van der Waals surface area contributed by atoms with Crippen LogP contribution in [0.5, 0.6) is 0 Å². The lowest BCUT2D eigenvalue weighted by Gasteiger charge is -2.10. The Kier molecular flexibility index (Phi) is 2.86. The first-order valence-electron chi connectivity index (χ1n) is 6.32. The van der Waals surface area contributed by atoms with Crippen molar-refractivity contribution >= 4 is 9.84 Å². The molecule has 98 valence electrons. The molecule has 5 nitrogen and oxygen atoms in total. The Balaban J connectivity index is 1.88. The first kappa shape index (κ1) is 12.0. The molecular weight excluding hydrogens is 250 g/mol. The Morgan fingerprint density at radius 2 is 2.17 bits per heavy atom. The second kappa shape index (κ2) is 4.28. The van der Waals surface area contributed by atoms with Crippen LogP contribution in [0.3, 0.4) is 0 Å². The summed E-state index contributed by atoms with van der Waals surface area (Å²) in [5, 5.41) is 3.41. The molecule has 0 bridgehead atoms. The predicted molar refractivity (Wildman–Crippen MR) is 67.8 cm³/mol. The summed E-state index contributed by atoms with van der Waals surface area (Å²) in [7, 11) is -2.99. The topological polar surface area (TPSA) is 72.0 Å². The predicted octanol–water partition coefficient (Wildman–Crippen LogP) is 0.508. The molecule has 18 heavy (non-hydrogen) atoms. The van der Waals surface area contributed by atoms with E-state index in [1.54, 1.807) is 0 Å². The molecule has 0 amide bonds. The van der Waals surface area contributed by atoms with Gasteiger partial charge in [-0.05, 0) is 26.3 Å². The minimum absolute atomic E-state index is 0.0801. The van der Waals surface area contributed by atoms with Crippen LogP contribution in [0.25, 0.3) is 0 Å². The fourth-order valence-electron chi connectivity index (χ4n) is 2.75. The van der Waals surface area contributed by atoms with Crippen molar-refractivity contribution in [3.05, 3.63) is 22.8 Å². The Morgan fingerprint density at radius 1 is 1.33 bits per heavy atom. The number of sulfone groups is 1. The zero-order chi connectivity index (χ0) is 12.8. The number of hydrogen-bond acceptors (Lipinski definition) is 5. The molecule has 1 saturated heterocycles. The van der Waals surface area contributed by atoms with Crippen LogP contribution in [0.1, 0.15) is 35.6 Å². The molecule has 3 rings (SSSR count). The van der Waals surface area contributed by atoms with Crippen LogP contribution in [-0.4, -0.2) is 31.0 Å². The first-order chi connectivity index (χ1) is 8.53. The fourth-order valence-corrected chi connectivity index (χ4v) is 4.32. The van der Waals surface area contributed by atoms with Crippen LogP contribution in [0.2, 0.25) is 0 Å². The van der Waals surface area contributed by atoms with Gasteiger partial charge in [0, 0.05) is 23.7 Å². The molecule has 1 unspecified atom stereocenters.